The number of fused-ring (bicyclic) bond motifs is 6. The number of hydrogen-bond donors (Lipinski definition) is 0. The van der Waals surface area contributed by atoms with E-state index in [1.54, 1.807) is 0 Å². The van der Waals surface area contributed by atoms with Gasteiger partial charge in [0.2, 0.25) is 0 Å². The van der Waals surface area contributed by atoms with Crippen molar-refractivity contribution in [1.29, 1.82) is 0 Å². The Hall–Kier alpha value is -3.58. The van der Waals surface area contributed by atoms with Gasteiger partial charge in [-0.3, -0.25) is 0 Å². The molecule has 0 aliphatic carbocycles. The molecule has 1 aromatic heterocycles. The fourth-order valence-corrected chi connectivity index (χ4v) is 4.19. The quantitative estimate of drug-likeness (QED) is 0.201. The van der Waals surface area contributed by atoms with Crippen LogP contribution in [-0.2, 0) is 0 Å². The first-order chi connectivity index (χ1) is 14.3. The van der Waals surface area contributed by atoms with Crippen LogP contribution in [0.4, 0.5) is 0 Å². The zero-order chi connectivity index (χ0) is 19.4. The third-order valence-electron chi connectivity index (χ3n) is 5.42. The smallest absolute Gasteiger partial charge is 0.172 e. The van der Waals surface area contributed by atoms with Gasteiger partial charge in [0.15, 0.2) is 10.6 Å². The average molecular weight is 392 g/mol. The minimum absolute atomic E-state index is 0.319. The summed E-state index contributed by atoms with van der Waals surface area (Å²) >= 11 is 6.27. The molecule has 0 saturated carbocycles. The van der Waals surface area contributed by atoms with Crippen LogP contribution in [0.3, 0.4) is 0 Å². The van der Waals surface area contributed by atoms with Gasteiger partial charge in [-0.25, -0.2) is 4.99 Å². The van der Waals surface area contributed by atoms with Crippen LogP contribution in [0.15, 0.2) is 105 Å². The summed E-state index contributed by atoms with van der Waals surface area (Å²) in [4.78, 5) is 4.53. The lowest BCUT2D eigenvalue weighted by Crippen LogP contribution is -2.23. The largest absolute Gasteiger partial charge is 0.454 e. The van der Waals surface area contributed by atoms with Crippen LogP contribution in [0, 0.1) is 0 Å². The number of allylic oxidation sites excluding steroid dienone is 1. The summed E-state index contributed by atoms with van der Waals surface area (Å²) in [5.41, 5.74) is 6.54. The third-order valence-corrected chi connectivity index (χ3v) is 5.61. The van der Waals surface area contributed by atoms with Crippen molar-refractivity contribution in [2.24, 2.45) is 4.99 Å². The molecule has 0 amide bonds. The number of furan rings is 1. The number of rotatable bonds is 1. The molecule has 136 valence electrons. The van der Waals surface area contributed by atoms with Crippen molar-refractivity contribution >= 4 is 49.7 Å². The highest BCUT2D eigenvalue weighted by Gasteiger charge is 2.12. The number of halogens is 1. The van der Waals surface area contributed by atoms with Crippen molar-refractivity contribution in [2.45, 2.75) is 0 Å². The molecule has 6 rings (SSSR count). The second kappa shape index (κ2) is 6.22. The minimum atomic E-state index is 0.319. The molecule has 0 N–H and O–H groups in total. The maximum absolute atomic E-state index is 6.27. The topological polar surface area (TPSA) is 25.5 Å². The van der Waals surface area contributed by atoms with Gasteiger partial charge in [-0.2, -0.15) is 0 Å². The van der Waals surface area contributed by atoms with Crippen LogP contribution < -0.4 is 10.8 Å². The Balaban J connectivity index is 1.70. The van der Waals surface area contributed by atoms with E-state index >= 15 is 0 Å². The second-order valence-corrected chi connectivity index (χ2v) is 7.46. The first-order valence-electron chi connectivity index (χ1n) is 9.43. The summed E-state index contributed by atoms with van der Waals surface area (Å²) in [5.74, 6) is 0. The molecule has 4 aromatic carbocycles. The van der Waals surface area contributed by atoms with Crippen LogP contribution in [0.5, 0.6) is 0 Å². The first kappa shape index (κ1) is 16.4. The Bertz CT molecular complexity index is 1650. The highest BCUT2D eigenvalue weighted by atomic mass is 35.5. The Labute approximate surface area is 171 Å². The van der Waals surface area contributed by atoms with Crippen LogP contribution in [0.2, 0.25) is 0 Å². The van der Waals surface area contributed by atoms with Gasteiger partial charge in [0, 0.05) is 11.0 Å². The molecule has 1 aliphatic heterocycles. The van der Waals surface area contributed by atoms with E-state index in [2.05, 4.69) is 65.3 Å². The number of benzene rings is 4. The summed E-state index contributed by atoms with van der Waals surface area (Å²) in [5, 5.41) is 6.91. The maximum atomic E-state index is 6.27. The van der Waals surface area contributed by atoms with Gasteiger partial charge in [0.05, 0.1) is 0 Å². The highest BCUT2D eigenvalue weighted by Crippen LogP contribution is 2.28. The molecule has 0 atom stereocenters. The monoisotopic (exact) mass is 391 g/mol. The fourth-order valence-electron chi connectivity index (χ4n) is 4.05. The van der Waals surface area contributed by atoms with Gasteiger partial charge in [-0.15, -0.1) is 0 Å². The average Bonchev–Trinajstić information content (AvgIpc) is 3.03. The van der Waals surface area contributed by atoms with Gasteiger partial charge in [-0.1, -0.05) is 78.0 Å². The number of hydrogen-bond acceptors (Lipinski definition) is 2. The molecule has 1 aliphatic rings. The van der Waals surface area contributed by atoms with Gasteiger partial charge < -0.3 is 4.42 Å². The Kier molecular flexibility index (Phi) is 3.51. The summed E-state index contributed by atoms with van der Waals surface area (Å²) < 4.78 is 6.19. The molecule has 0 bridgehead atoms. The molecule has 2 heterocycles. The molecule has 2 nitrogen and oxygen atoms in total. The summed E-state index contributed by atoms with van der Waals surface area (Å²) in [6.07, 6.45) is 1.86. The van der Waals surface area contributed by atoms with Crippen LogP contribution in [0.1, 0.15) is 5.56 Å². The lowest BCUT2D eigenvalue weighted by Gasteiger charge is -2.07. The van der Waals surface area contributed by atoms with E-state index in [1.807, 2.05) is 30.3 Å². The summed E-state index contributed by atoms with van der Waals surface area (Å²) in [7, 11) is 0. The van der Waals surface area contributed by atoms with E-state index in [1.165, 1.54) is 21.5 Å². The van der Waals surface area contributed by atoms with E-state index in [-0.39, 0.29) is 0 Å². The Morgan fingerprint density at radius 3 is 2.45 bits per heavy atom. The fraction of sp³-hybridized carbons (Fsp3) is 0. The van der Waals surface area contributed by atoms with Crippen molar-refractivity contribution < 1.29 is 4.42 Å². The lowest BCUT2D eigenvalue weighted by atomic mass is 9.97. The molecule has 0 fully saturated rings. The van der Waals surface area contributed by atoms with Crippen molar-refractivity contribution in [3.8, 4) is 0 Å². The van der Waals surface area contributed by atoms with Crippen molar-refractivity contribution in [2.75, 3.05) is 0 Å². The van der Waals surface area contributed by atoms with Crippen molar-refractivity contribution in [3.63, 3.8) is 0 Å². The van der Waals surface area contributed by atoms with Crippen molar-refractivity contribution in [1.82, 2.24) is 0 Å². The molecule has 0 spiro atoms. The third kappa shape index (κ3) is 2.55. The molecular weight excluding hydrogens is 378 g/mol. The van der Waals surface area contributed by atoms with Gasteiger partial charge in [-0.05, 0) is 51.4 Å². The molecule has 0 radical (unpaired) electrons. The minimum Gasteiger partial charge on any atom is -0.454 e. The van der Waals surface area contributed by atoms with E-state index in [0.717, 1.165) is 32.9 Å². The van der Waals surface area contributed by atoms with Crippen LogP contribution in [0.25, 0.3) is 38.1 Å². The van der Waals surface area contributed by atoms with E-state index in [0.29, 0.717) is 5.16 Å². The SMILES string of the molecule is ClC1=C=CC(c2ccc3c(ccc4ccccc43)c2)=c2oc3ccccc3c2=N1. The molecular formula is C26H14ClNO. The van der Waals surface area contributed by atoms with E-state index in [4.69, 9.17) is 16.0 Å². The molecule has 5 aromatic rings. The Morgan fingerprint density at radius 2 is 1.52 bits per heavy atom. The molecule has 3 heteroatoms. The normalized spacial score (nSPS) is 13.4. The number of nitrogens with zero attached hydrogens (tertiary/aromatic N) is 1. The van der Waals surface area contributed by atoms with Crippen LogP contribution >= 0.6 is 11.6 Å². The predicted octanol–water partition coefficient (Wildman–Crippen LogP) is 5.81. The van der Waals surface area contributed by atoms with E-state index in [9.17, 15) is 0 Å². The maximum Gasteiger partial charge on any atom is 0.172 e. The van der Waals surface area contributed by atoms with Gasteiger partial charge in [0.1, 0.15) is 10.9 Å². The molecule has 0 unspecified atom stereocenters. The zero-order valence-corrected chi connectivity index (χ0v) is 16.1. The highest BCUT2D eigenvalue weighted by molar-refractivity contribution is 6.29. The van der Waals surface area contributed by atoms with Gasteiger partial charge >= 0.3 is 0 Å². The summed E-state index contributed by atoms with van der Waals surface area (Å²) in [6.45, 7) is 0. The standard InChI is InChI=1S/C26H14ClNO/c27-24-14-13-21(26-25(28-24)22-7-3-4-8-23(22)29-26)18-11-12-20-17(15-18)10-9-16-5-1-2-6-19(16)20/h1-13,15H. The van der Waals surface area contributed by atoms with Crippen LogP contribution in [-0.4, -0.2) is 0 Å². The van der Waals surface area contributed by atoms with Crippen molar-refractivity contribution in [3.05, 3.63) is 112 Å². The predicted molar refractivity (Wildman–Crippen MR) is 118 cm³/mol. The Morgan fingerprint density at radius 1 is 0.759 bits per heavy atom. The summed E-state index contributed by atoms with van der Waals surface area (Å²) in [6, 6.07) is 27.1. The molecule has 29 heavy (non-hydrogen) atoms. The lowest BCUT2D eigenvalue weighted by molar-refractivity contribution is 0.571. The number of para-hydroxylation sites is 1. The second-order valence-electron chi connectivity index (χ2n) is 7.10. The molecule has 0 saturated heterocycles. The van der Waals surface area contributed by atoms with E-state index < -0.39 is 0 Å². The first-order valence-corrected chi connectivity index (χ1v) is 9.80. The zero-order valence-electron chi connectivity index (χ0n) is 15.3. The van der Waals surface area contributed by atoms with Gasteiger partial charge in [0.25, 0.3) is 0 Å².